The van der Waals surface area contributed by atoms with Crippen LogP contribution in [0.3, 0.4) is 0 Å². The molecule has 1 N–H and O–H groups in total. The quantitative estimate of drug-likeness (QED) is 0.809. The van der Waals surface area contributed by atoms with Crippen LogP contribution in [0.15, 0.2) is 54.6 Å². The smallest absolute Gasteiger partial charge is 0.338 e. The summed E-state index contributed by atoms with van der Waals surface area (Å²) in [6.07, 6.45) is -0.910. The van der Waals surface area contributed by atoms with Crippen LogP contribution in [0, 0.1) is 0 Å². The van der Waals surface area contributed by atoms with Gasteiger partial charge >= 0.3 is 5.97 Å². The number of carbonyl (C=O) groups excluding carboxylic acids is 3. The minimum absolute atomic E-state index is 0.122. The molecule has 0 aliphatic heterocycles. The number of carbonyl (C=O) groups is 3. The first-order valence-electron chi connectivity index (χ1n) is 8.25. The topological polar surface area (TPSA) is 75.7 Å². The molecule has 1 atom stereocenters. The van der Waals surface area contributed by atoms with Crippen molar-refractivity contribution in [1.82, 2.24) is 5.32 Å². The van der Waals surface area contributed by atoms with E-state index in [1.807, 2.05) is 18.2 Å². The number of likely N-dealkylation sites (N-methyl/N-ethyl adjacent to an activating group) is 1. The van der Waals surface area contributed by atoms with Gasteiger partial charge in [-0.25, -0.2) is 4.79 Å². The number of benzene rings is 2. The summed E-state index contributed by atoms with van der Waals surface area (Å²) in [6, 6.07) is 15.8. The third-order valence-corrected chi connectivity index (χ3v) is 3.84. The van der Waals surface area contributed by atoms with Crippen LogP contribution < -0.4 is 10.2 Å². The molecule has 0 radical (unpaired) electrons. The minimum Gasteiger partial charge on any atom is -0.449 e. The Morgan fingerprint density at radius 2 is 1.65 bits per heavy atom. The molecule has 6 heteroatoms. The summed E-state index contributed by atoms with van der Waals surface area (Å²) in [5, 5.41) is 2.68. The van der Waals surface area contributed by atoms with Crippen LogP contribution in [-0.2, 0) is 20.9 Å². The lowest BCUT2D eigenvalue weighted by Crippen LogP contribution is -2.37. The van der Waals surface area contributed by atoms with Crippen LogP contribution in [0.1, 0.15) is 29.8 Å². The Bertz CT molecular complexity index is 772. The number of esters is 1. The van der Waals surface area contributed by atoms with Crippen LogP contribution >= 0.6 is 0 Å². The first kappa shape index (κ1) is 19.2. The van der Waals surface area contributed by atoms with E-state index in [4.69, 9.17) is 4.74 Å². The Morgan fingerprint density at radius 1 is 1.04 bits per heavy atom. The predicted molar refractivity (Wildman–Crippen MR) is 98.7 cm³/mol. The molecule has 0 saturated heterocycles. The highest BCUT2D eigenvalue weighted by Gasteiger charge is 2.23. The zero-order valence-corrected chi connectivity index (χ0v) is 15.1. The van der Waals surface area contributed by atoms with E-state index in [0.717, 1.165) is 11.3 Å². The van der Waals surface area contributed by atoms with Crippen LogP contribution in [0.25, 0.3) is 0 Å². The zero-order valence-electron chi connectivity index (χ0n) is 15.1. The van der Waals surface area contributed by atoms with E-state index in [-0.39, 0.29) is 11.8 Å². The molecule has 0 spiro atoms. The molecule has 0 aromatic heterocycles. The summed E-state index contributed by atoms with van der Waals surface area (Å²) in [5.41, 5.74) is 1.94. The lowest BCUT2D eigenvalue weighted by atomic mass is 10.1. The number of hydrogen-bond acceptors (Lipinski definition) is 4. The van der Waals surface area contributed by atoms with Gasteiger partial charge in [0.1, 0.15) is 0 Å². The highest BCUT2D eigenvalue weighted by molar-refractivity contribution is 5.98. The van der Waals surface area contributed by atoms with Crippen molar-refractivity contribution in [2.24, 2.45) is 0 Å². The Kier molecular flexibility index (Phi) is 6.49. The van der Waals surface area contributed by atoms with Gasteiger partial charge < -0.3 is 15.0 Å². The molecule has 2 rings (SSSR count). The Hall–Kier alpha value is -3.15. The van der Waals surface area contributed by atoms with Gasteiger partial charge in [-0.05, 0) is 36.8 Å². The molecular formula is C20H22N2O4. The monoisotopic (exact) mass is 354 g/mol. The van der Waals surface area contributed by atoms with Crippen molar-refractivity contribution in [2.75, 3.05) is 11.9 Å². The van der Waals surface area contributed by atoms with Crippen molar-refractivity contribution in [2.45, 2.75) is 26.5 Å². The molecule has 0 aliphatic carbocycles. The van der Waals surface area contributed by atoms with E-state index in [2.05, 4.69) is 5.32 Å². The van der Waals surface area contributed by atoms with Crippen molar-refractivity contribution in [3.8, 4) is 0 Å². The molecule has 26 heavy (non-hydrogen) atoms. The van der Waals surface area contributed by atoms with Gasteiger partial charge in [0.25, 0.3) is 5.91 Å². The molecule has 0 fully saturated rings. The standard InChI is InChI=1S/C20H22N2O4/c1-14(19(24)22(3)18-7-5-4-6-8-18)26-20(25)17-11-9-16(10-12-17)13-21-15(2)23/h4-12,14H,13H2,1-3H3,(H,21,23). The third kappa shape index (κ3) is 5.17. The fourth-order valence-electron chi connectivity index (χ4n) is 2.32. The van der Waals surface area contributed by atoms with E-state index in [0.29, 0.717) is 12.1 Å². The van der Waals surface area contributed by atoms with Gasteiger partial charge in [0.15, 0.2) is 6.10 Å². The predicted octanol–water partition coefficient (Wildman–Crippen LogP) is 2.53. The molecule has 0 bridgehead atoms. The lowest BCUT2D eigenvalue weighted by molar-refractivity contribution is -0.126. The van der Waals surface area contributed by atoms with E-state index in [1.54, 1.807) is 50.4 Å². The third-order valence-electron chi connectivity index (χ3n) is 3.84. The number of amides is 2. The molecule has 2 aromatic carbocycles. The Balaban J connectivity index is 1.95. The van der Waals surface area contributed by atoms with E-state index in [9.17, 15) is 14.4 Å². The minimum atomic E-state index is -0.910. The lowest BCUT2D eigenvalue weighted by Gasteiger charge is -2.21. The molecule has 2 aromatic rings. The van der Waals surface area contributed by atoms with Gasteiger partial charge in [-0.2, -0.15) is 0 Å². The molecule has 1 unspecified atom stereocenters. The van der Waals surface area contributed by atoms with Gasteiger partial charge in [0, 0.05) is 26.2 Å². The maximum Gasteiger partial charge on any atom is 0.338 e. The van der Waals surface area contributed by atoms with Crippen LogP contribution in [-0.4, -0.2) is 30.9 Å². The summed E-state index contributed by atoms with van der Waals surface area (Å²) >= 11 is 0. The maximum absolute atomic E-state index is 12.4. The summed E-state index contributed by atoms with van der Waals surface area (Å²) in [6.45, 7) is 3.38. The van der Waals surface area contributed by atoms with Crippen molar-refractivity contribution in [1.29, 1.82) is 0 Å². The molecule has 0 saturated carbocycles. The van der Waals surface area contributed by atoms with Gasteiger partial charge in [-0.3, -0.25) is 9.59 Å². The molecule has 136 valence electrons. The number of rotatable bonds is 6. The highest BCUT2D eigenvalue weighted by Crippen LogP contribution is 2.14. The number of nitrogens with one attached hydrogen (secondary N) is 1. The van der Waals surface area contributed by atoms with Crippen molar-refractivity contribution in [3.05, 3.63) is 65.7 Å². The maximum atomic E-state index is 12.4. The fraction of sp³-hybridized carbons (Fsp3) is 0.250. The van der Waals surface area contributed by atoms with Gasteiger partial charge in [0.2, 0.25) is 5.91 Å². The molecular weight excluding hydrogens is 332 g/mol. The molecule has 0 aliphatic rings. The average molecular weight is 354 g/mol. The number of anilines is 1. The first-order chi connectivity index (χ1) is 12.4. The Labute approximate surface area is 152 Å². The van der Waals surface area contributed by atoms with Gasteiger partial charge in [-0.15, -0.1) is 0 Å². The van der Waals surface area contributed by atoms with Gasteiger partial charge in [0.05, 0.1) is 5.56 Å². The molecule has 6 nitrogen and oxygen atoms in total. The summed E-state index contributed by atoms with van der Waals surface area (Å²) in [7, 11) is 1.64. The normalized spacial score (nSPS) is 11.3. The van der Waals surface area contributed by atoms with Crippen molar-refractivity contribution in [3.63, 3.8) is 0 Å². The largest absolute Gasteiger partial charge is 0.449 e. The van der Waals surface area contributed by atoms with Crippen LogP contribution in [0.2, 0.25) is 0 Å². The van der Waals surface area contributed by atoms with Crippen molar-refractivity contribution >= 4 is 23.5 Å². The zero-order chi connectivity index (χ0) is 19.1. The highest BCUT2D eigenvalue weighted by atomic mass is 16.5. The number of ether oxygens (including phenoxy) is 1. The van der Waals surface area contributed by atoms with Crippen LogP contribution in [0.5, 0.6) is 0 Å². The number of para-hydroxylation sites is 1. The first-order valence-corrected chi connectivity index (χ1v) is 8.25. The summed E-state index contributed by atoms with van der Waals surface area (Å²) in [5.74, 6) is -1.01. The second-order valence-corrected chi connectivity index (χ2v) is 5.89. The second kappa shape index (κ2) is 8.80. The molecule has 2 amide bonds. The summed E-state index contributed by atoms with van der Waals surface area (Å²) in [4.78, 5) is 37.0. The van der Waals surface area contributed by atoms with E-state index >= 15 is 0 Å². The fourth-order valence-corrected chi connectivity index (χ4v) is 2.32. The number of hydrogen-bond donors (Lipinski definition) is 1. The van der Waals surface area contributed by atoms with Gasteiger partial charge in [-0.1, -0.05) is 30.3 Å². The average Bonchev–Trinajstić information content (AvgIpc) is 2.66. The second-order valence-electron chi connectivity index (χ2n) is 5.89. The van der Waals surface area contributed by atoms with Crippen molar-refractivity contribution < 1.29 is 19.1 Å². The van der Waals surface area contributed by atoms with Crippen LogP contribution in [0.4, 0.5) is 5.69 Å². The van der Waals surface area contributed by atoms with E-state index < -0.39 is 12.1 Å². The Morgan fingerprint density at radius 3 is 2.23 bits per heavy atom. The molecule has 0 heterocycles. The van der Waals surface area contributed by atoms with E-state index in [1.165, 1.54) is 11.8 Å². The number of nitrogens with zero attached hydrogens (tertiary/aromatic N) is 1. The summed E-state index contributed by atoms with van der Waals surface area (Å²) < 4.78 is 5.28. The SMILES string of the molecule is CC(=O)NCc1ccc(C(=O)OC(C)C(=O)N(C)c2ccccc2)cc1.